The minimum atomic E-state index is -1.09. The zero-order valence-corrected chi connectivity index (χ0v) is 16.6. The van der Waals surface area contributed by atoms with Gasteiger partial charge < -0.3 is 5.11 Å². The molecule has 26 heavy (non-hydrogen) atoms. The highest BCUT2D eigenvalue weighted by Crippen LogP contribution is 2.33. The summed E-state index contributed by atoms with van der Waals surface area (Å²) >= 11 is 18.3. The van der Waals surface area contributed by atoms with E-state index in [2.05, 4.69) is 5.10 Å². The molecule has 0 amide bonds. The Morgan fingerprint density at radius 1 is 1.08 bits per heavy atom. The number of carbonyl (C=O) groups is 1. The van der Waals surface area contributed by atoms with E-state index in [1.54, 1.807) is 35.0 Å². The van der Waals surface area contributed by atoms with Crippen LogP contribution in [-0.4, -0.2) is 20.9 Å². The zero-order chi connectivity index (χ0) is 18.1. The van der Waals surface area contributed by atoms with Gasteiger partial charge in [0.15, 0.2) is 5.69 Å². The van der Waals surface area contributed by atoms with Crippen LogP contribution in [0.3, 0.4) is 0 Å². The number of nitrogens with zero attached hydrogens (tertiary/aromatic N) is 2. The summed E-state index contributed by atoms with van der Waals surface area (Å²) in [5.74, 6) is -1.09. The van der Waals surface area contributed by atoms with E-state index in [9.17, 15) is 9.90 Å². The Bertz CT molecular complexity index is 953. The van der Waals surface area contributed by atoms with Crippen molar-refractivity contribution in [3.63, 3.8) is 0 Å². The summed E-state index contributed by atoms with van der Waals surface area (Å²) in [5.41, 5.74) is 2.64. The first kappa shape index (κ1) is 20.6. The van der Waals surface area contributed by atoms with Crippen LogP contribution in [0.5, 0.6) is 0 Å². The molecule has 136 valence electrons. The van der Waals surface area contributed by atoms with Gasteiger partial charge in [-0.2, -0.15) is 5.10 Å². The van der Waals surface area contributed by atoms with Crippen LogP contribution in [0.1, 0.15) is 23.0 Å². The average Bonchev–Trinajstić information content (AvgIpc) is 2.95. The Hall–Kier alpha value is -1.72. The van der Waals surface area contributed by atoms with Crippen molar-refractivity contribution in [2.45, 2.75) is 13.3 Å². The average molecular weight is 432 g/mol. The summed E-state index contributed by atoms with van der Waals surface area (Å²) in [7, 11) is 0. The van der Waals surface area contributed by atoms with Gasteiger partial charge in [0.05, 0.1) is 16.4 Å². The molecule has 0 saturated carbocycles. The summed E-state index contributed by atoms with van der Waals surface area (Å²) in [6, 6.07) is 12.1. The van der Waals surface area contributed by atoms with Crippen molar-refractivity contribution in [3.05, 3.63) is 68.8 Å². The van der Waals surface area contributed by atoms with Crippen molar-refractivity contribution in [2.75, 3.05) is 0 Å². The first-order valence-electron chi connectivity index (χ1n) is 7.49. The number of benzene rings is 2. The summed E-state index contributed by atoms with van der Waals surface area (Å²) in [6.07, 6.45) is 0.505. The van der Waals surface area contributed by atoms with Crippen LogP contribution in [0.4, 0.5) is 0 Å². The molecular formula is C18H14Cl4N2O2. The van der Waals surface area contributed by atoms with Crippen LogP contribution in [-0.2, 0) is 6.42 Å². The minimum absolute atomic E-state index is 0. The van der Waals surface area contributed by atoms with Gasteiger partial charge in [0, 0.05) is 21.2 Å². The van der Waals surface area contributed by atoms with E-state index in [0.29, 0.717) is 38.4 Å². The van der Waals surface area contributed by atoms with Crippen LogP contribution >= 0.6 is 47.2 Å². The molecule has 0 aliphatic rings. The summed E-state index contributed by atoms with van der Waals surface area (Å²) in [6.45, 7) is 1.89. The molecule has 8 heteroatoms. The lowest BCUT2D eigenvalue weighted by Gasteiger charge is -2.11. The molecule has 4 nitrogen and oxygen atoms in total. The van der Waals surface area contributed by atoms with Gasteiger partial charge in [-0.1, -0.05) is 53.9 Å². The molecule has 0 bridgehead atoms. The second kappa shape index (κ2) is 8.31. The monoisotopic (exact) mass is 430 g/mol. The Morgan fingerprint density at radius 2 is 1.69 bits per heavy atom. The van der Waals surface area contributed by atoms with E-state index >= 15 is 0 Å². The second-order valence-corrected chi connectivity index (χ2v) is 6.63. The van der Waals surface area contributed by atoms with E-state index in [1.807, 2.05) is 19.1 Å². The lowest BCUT2D eigenvalue weighted by atomic mass is 10.0. The molecule has 0 unspecified atom stereocenters. The SMILES string of the molecule is CCc1c(C(=O)O)nn(-c2ccc(Cl)cc2Cl)c1-c1ccc(Cl)cc1.Cl. The van der Waals surface area contributed by atoms with Gasteiger partial charge in [-0.05, 0) is 36.8 Å². The number of rotatable bonds is 4. The first-order valence-corrected chi connectivity index (χ1v) is 8.62. The van der Waals surface area contributed by atoms with Crippen LogP contribution in [0, 0.1) is 0 Å². The lowest BCUT2D eigenvalue weighted by Crippen LogP contribution is -2.03. The van der Waals surface area contributed by atoms with Crippen molar-refractivity contribution in [1.82, 2.24) is 9.78 Å². The van der Waals surface area contributed by atoms with Crippen LogP contribution in [0.15, 0.2) is 42.5 Å². The van der Waals surface area contributed by atoms with Crippen LogP contribution in [0.25, 0.3) is 16.9 Å². The Balaban J connectivity index is 0.00000243. The molecule has 2 aromatic carbocycles. The summed E-state index contributed by atoms with van der Waals surface area (Å²) in [5, 5.41) is 15.3. The summed E-state index contributed by atoms with van der Waals surface area (Å²) < 4.78 is 1.55. The summed E-state index contributed by atoms with van der Waals surface area (Å²) in [4.78, 5) is 11.7. The highest BCUT2D eigenvalue weighted by Gasteiger charge is 2.24. The molecule has 3 aromatic rings. The van der Waals surface area contributed by atoms with Gasteiger partial charge in [0.25, 0.3) is 0 Å². The number of aromatic nitrogens is 2. The van der Waals surface area contributed by atoms with Gasteiger partial charge in [-0.25, -0.2) is 9.48 Å². The highest BCUT2D eigenvalue weighted by molar-refractivity contribution is 6.35. The fourth-order valence-corrected chi connectivity index (χ4v) is 3.30. The molecule has 0 aliphatic carbocycles. The van der Waals surface area contributed by atoms with Crippen molar-refractivity contribution >= 4 is 53.2 Å². The van der Waals surface area contributed by atoms with Crippen molar-refractivity contribution in [2.24, 2.45) is 0 Å². The van der Waals surface area contributed by atoms with Crippen LogP contribution in [0.2, 0.25) is 15.1 Å². The van der Waals surface area contributed by atoms with E-state index < -0.39 is 5.97 Å². The third-order valence-electron chi connectivity index (χ3n) is 3.80. The number of hydrogen-bond acceptors (Lipinski definition) is 2. The normalized spacial score (nSPS) is 10.5. The predicted molar refractivity (Wildman–Crippen MR) is 108 cm³/mol. The number of halogens is 4. The first-order chi connectivity index (χ1) is 11.9. The second-order valence-electron chi connectivity index (χ2n) is 5.35. The smallest absolute Gasteiger partial charge is 0.356 e. The third-order valence-corrected chi connectivity index (χ3v) is 4.59. The van der Waals surface area contributed by atoms with E-state index in [-0.39, 0.29) is 18.1 Å². The maximum Gasteiger partial charge on any atom is 0.356 e. The molecule has 1 heterocycles. The Morgan fingerprint density at radius 3 is 2.23 bits per heavy atom. The Labute approximate surface area is 171 Å². The Kier molecular flexibility index (Phi) is 6.58. The van der Waals surface area contributed by atoms with Crippen molar-refractivity contribution < 1.29 is 9.90 Å². The maximum absolute atomic E-state index is 11.7. The van der Waals surface area contributed by atoms with Crippen molar-refractivity contribution in [3.8, 4) is 16.9 Å². The van der Waals surface area contributed by atoms with E-state index in [0.717, 1.165) is 5.56 Å². The molecule has 1 aromatic heterocycles. The number of hydrogen-bond donors (Lipinski definition) is 1. The number of aromatic carboxylic acids is 1. The molecule has 0 aliphatic heterocycles. The van der Waals surface area contributed by atoms with E-state index in [1.165, 1.54) is 0 Å². The quantitative estimate of drug-likeness (QED) is 0.536. The third kappa shape index (κ3) is 3.84. The molecule has 0 atom stereocenters. The van der Waals surface area contributed by atoms with E-state index in [4.69, 9.17) is 34.8 Å². The molecule has 0 radical (unpaired) electrons. The predicted octanol–water partition coefficient (Wildman–Crippen LogP) is 6.18. The fraction of sp³-hybridized carbons (Fsp3) is 0.111. The molecule has 0 fully saturated rings. The molecule has 1 N–H and O–H groups in total. The number of carboxylic acids is 1. The minimum Gasteiger partial charge on any atom is -0.476 e. The largest absolute Gasteiger partial charge is 0.476 e. The molecule has 0 spiro atoms. The van der Waals surface area contributed by atoms with Gasteiger partial charge in [-0.3, -0.25) is 0 Å². The lowest BCUT2D eigenvalue weighted by molar-refractivity contribution is 0.0689. The zero-order valence-electron chi connectivity index (χ0n) is 13.5. The van der Waals surface area contributed by atoms with Gasteiger partial charge in [0.2, 0.25) is 0 Å². The fourth-order valence-electron chi connectivity index (χ4n) is 2.69. The molecule has 3 rings (SSSR count). The van der Waals surface area contributed by atoms with Gasteiger partial charge in [0.1, 0.15) is 0 Å². The molecular weight excluding hydrogens is 418 g/mol. The number of carboxylic acid groups (broad SMARTS) is 1. The highest BCUT2D eigenvalue weighted by atomic mass is 35.5. The van der Waals surface area contributed by atoms with Crippen molar-refractivity contribution in [1.29, 1.82) is 0 Å². The topological polar surface area (TPSA) is 55.1 Å². The molecule has 0 saturated heterocycles. The van der Waals surface area contributed by atoms with Gasteiger partial charge in [-0.15, -0.1) is 12.4 Å². The van der Waals surface area contributed by atoms with Crippen LogP contribution < -0.4 is 0 Å². The maximum atomic E-state index is 11.7. The standard InChI is InChI=1S/C18H13Cl3N2O2.ClH/c1-2-13-16(18(24)25)22-23(15-8-7-12(20)9-14(15)21)17(13)10-3-5-11(19)6-4-10;/h3-9H,2H2,1H3,(H,24,25);1H. The van der Waals surface area contributed by atoms with Gasteiger partial charge >= 0.3 is 5.97 Å².